The molecule has 5 nitrogen and oxygen atoms in total. The Labute approximate surface area is 139 Å². The Morgan fingerprint density at radius 1 is 1.04 bits per heavy atom. The van der Waals surface area contributed by atoms with Crippen molar-refractivity contribution in [1.82, 2.24) is 10.3 Å². The summed E-state index contributed by atoms with van der Waals surface area (Å²) in [7, 11) is 0. The Bertz CT molecular complexity index is 855. The summed E-state index contributed by atoms with van der Waals surface area (Å²) in [4.78, 5) is 26.8. The molecule has 1 aromatic heterocycles. The van der Waals surface area contributed by atoms with Crippen molar-refractivity contribution in [2.45, 2.75) is 18.9 Å². The summed E-state index contributed by atoms with van der Waals surface area (Å²) < 4.78 is 0. The number of aromatic amines is 1. The van der Waals surface area contributed by atoms with Crippen LogP contribution in [0.15, 0.2) is 60.8 Å². The van der Waals surface area contributed by atoms with Crippen LogP contribution in [0.25, 0.3) is 10.9 Å². The minimum atomic E-state index is -1.04. The quantitative estimate of drug-likeness (QED) is 0.652. The number of hydrogen-bond donors (Lipinski definition) is 3. The molecule has 0 spiro atoms. The monoisotopic (exact) mass is 322 g/mol. The summed E-state index contributed by atoms with van der Waals surface area (Å²) >= 11 is 0. The molecule has 0 saturated heterocycles. The van der Waals surface area contributed by atoms with Crippen molar-refractivity contribution in [3.8, 4) is 0 Å². The molecule has 3 rings (SSSR count). The van der Waals surface area contributed by atoms with Crippen molar-refractivity contribution in [3.63, 3.8) is 0 Å². The van der Waals surface area contributed by atoms with Gasteiger partial charge >= 0.3 is 5.97 Å². The van der Waals surface area contributed by atoms with Gasteiger partial charge in [-0.3, -0.25) is 4.79 Å². The third-order valence-electron chi connectivity index (χ3n) is 3.94. The molecule has 0 unspecified atom stereocenters. The van der Waals surface area contributed by atoms with Crippen LogP contribution in [0, 0.1) is 0 Å². The maximum atomic E-state index is 12.3. The molecule has 1 amide bonds. The van der Waals surface area contributed by atoms with E-state index >= 15 is 0 Å². The van der Waals surface area contributed by atoms with Gasteiger partial charge in [0, 0.05) is 23.5 Å². The number of carboxylic acids is 1. The first kappa shape index (κ1) is 15.8. The second-order valence-electron chi connectivity index (χ2n) is 5.68. The van der Waals surface area contributed by atoms with Crippen LogP contribution in [0.2, 0.25) is 0 Å². The van der Waals surface area contributed by atoms with Gasteiger partial charge in [0.15, 0.2) is 0 Å². The number of carbonyl (C=O) groups is 2. The van der Waals surface area contributed by atoms with Gasteiger partial charge in [0.05, 0.1) is 6.42 Å². The van der Waals surface area contributed by atoms with Crippen molar-refractivity contribution < 1.29 is 14.7 Å². The molecule has 3 aromatic rings. The van der Waals surface area contributed by atoms with E-state index < -0.39 is 12.0 Å². The summed E-state index contributed by atoms with van der Waals surface area (Å²) in [6, 6.07) is 16.0. The van der Waals surface area contributed by atoms with Crippen molar-refractivity contribution in [2.75, 3.05) is 0 Å². The topological polar surface area (TPSA) is 82.2 Å². The predicted molar refractivity (Wildman–Crippen MR) is 91.7 cm³/mol. The van der Waals surface area contributed by atoms with E-state index in [-0.39, 0.29) is 18.7 Å². The van der Waals surface area contributed by atoms with Gasteiger partial charge in [0.25, 0.3) is 0 Å². The van der Waals surface area contributed by atoms with Gasteiger partial charge in [-0.15, -0.1) is 0 Å². The standard InChI is InChI=1S/C19H18N2O3/c22-18(11-14-12-20-16-9-5-4-8-15(14)16)21-17(19(23)24)10-13-6-2-1-3-7-13/h1-9,12,17,20H,10-11H2,(H,21,22)(H,23,24)/t17-/m1/s1. The maximum Gasteiger partial charge on any atom is 0.326 e. The van der Waals surface area contributed by atoms with Crippen molar-refractivity contribution in [2.24, 2.45) is 0 Å². The Hall–Kier alpha value is -3.08. The van der Waals surface area contributed by atoms with Gasteiger partial charge in [-0.1, -0.05) is 48.5 Å². The Morgan fingerprint density at radius 2 is 1.75 bits per heavy atom. The smallest absolute Gasteiger partial charge is 0.326 e. The van der Waals surface area contributed by atoms with Crippen LogP contribution in [0.1, 0.15) is 11.1 Å². The van der Waals surface area contributed by atoms with E-state index in [9.17, 15) is 14.7 Å². The first-order chi connectivity index (χ1) is 11.6. The zero-order valence-electron chi connectivity index (χ0n) is 13.0. The molecule has 5 heteroatoms. The number of H-pyrrole nitrogens is 1. The number of hydrogen-bond acceptors (Lipinski definition) is 2. The average Bonchev–Trinajstić information content (AvgIpc) is 2.98. The lowest BCUT2D eigenvalue weighted by atomic mass is 10.1. The number of benzene rings is 2. The van der Waals surface area contributed by atoms with Gasteiger partial charge < -0.3 is 15.4 Å². The van der Waals surface area contributed by atoms with E-state index in [0.717, 1.165) is 22.0 Å². The molecular formula is C19H18N2O3. The molecule has 0 aliphatic rings. The molecule has 0 bridgehead atoms. The molecule has 0 radical (unpaired) electrons. The zero-order chi connectivity index (χ0) is 16.9. The third-order valence-corrected chi connectivity index (χ3v) is 3.94. The first-order valence-electron chi connectivity index (χ1n) is 7.74. The number of fused-ring (bicyclic) bond motifs is 1. The average molecular weight is 322 g/mol. The highest BCUT2D eigenvalue weighted by Crippen LogP contribution is 2.18. The molecule has 2 aromatic carbocycles. The van der Waals surface area contributed by atoms with E-state index in [0.29, 0.717) is 0 Å². The van der Waals surface area contributed by atoms with Crippen LogP contribution in [0.4, 0.5) is 0 Å². The molecule has 1 atom stereocenters. The highest BCUT2D eigenvalue weighted by molar-refractivity contribution is 5.90. The number of aliphatic carboxylic acids is 1. The molecule has 1 heterocycles. The lowest BCUT2D eigenvalue weighted by Gasteiger charge is -2.14. The maximum absolute atomic E-state index is 12.3. The van der Waals surface area contributed by atoms with Gasteiger partial charge in [0.2, 0.25) is 5.91 Å². The number of rotatable bonds is 6. The Kier molecular flexibility index (Phi) is 4.61. The minimum Gasteiger partial charge on any atom is -0.480 e. The summed E-state index contributed by atoms with van der Waals surface area (Å²) in [6.45, 7) is 0. The number of aromatic nitrogens is 1. The lowest BCUT2D eigenvalue weighted by Crippen LogP contribution is -2.43. The minimum absolute atomic E-state index is 0.141. The Morgan fingerprint density at radius 3 is 2.50 bits per heavy atom. The fraction of sp³-hybridized carbons (Fsp3) is 0.158. The fourth-order valence-electron chi connectivity index (χ4n) is 2.75. The van der Waals surface area contributed by atoms with E-state index in [2.05, 4.69) is 10.3 Å². The highest BCUT2D eigenvalue weighted by atomic mass is 16.4. The lowest BCUT2D eigenvalue weighted by molar-refractivity contribution is -0.141. The van der Waals surface area contributed by atoms with Crippen LogP contribution in [0.5, 0.6) is 0 Å². The second kappa shape index (κ2) is 7.00. The number of para-hydroxylation sites is 1. The predicted octanol–water partition coefficient (Wildman–Crippen LogP) is 2.52. The highest BCUT2D eigenvalue weighted by Gasteiger charge is 2.21. The van der Waals surface area contributed by atoms with Crippen molar-refractivity contribution >= 4 is 22.8 Å². The van der Waals surface area contributed by atoms with Crippen molar-refractivity contribution in [1.29, 1.82) is 0 Å². The van der Waals surface area contributed by atoms with E-state index in [1.807, 2.05) is 54.6 Å². The van der Waals surface area contributed by atoms with Gasteiger partial charge in [-0.05, 0) is 17.2 Å². The van der Waals surface area contributed by atoms with Crippen LogP contribution in [-0.2, 0) is 22.4 Å². The second-order valence-corrected chi connectivity index (χ2v) is 5.68. The van der Waals surface area contributed by atoms with Crippen LogP contribution >= 0.6 is 0 Å². The molecule has 0 fully saturated rings. The molecule has 0 aliphatic heterocycles. The third kappa shape index (κ3) is 3.63. The van der Waals surface area contributed by atoms with Crippen LogP contribution in [0.3, 0.4) is 0 Å². The molecule has 0 saturated carbocycles. The molecule has 3 N–H and O–H groups in total. The van der Waals surface area contributed by atoms with Gasteiger partial charge in [-0.25, -0.2) is 4.79 Å². The Balaban J connectivity index is 1.68. The molecular weight excluding hydrogens is 304 g/mol. The van der Waals surface area contributed by atoms with E-state index in [1.165, 1.54) is 0 Å². The summed E-state index contributed by atoms with van der Waals surface area (Å²) in [5.74, 6) is -1.34. The summed E-state index contributed by atoms with van der Waals surface area (Å²) in [5, 5.41) is 13.0. The summed E-state index contributed by atoms with van der Waals surface area (Å²) in [5.41, 5.74) is 2.68. The van der Waals surface area contributed by atoms with Crippen LogP contribution in [-0.4, -0.2) is 28.0 Å². The van der Waals surface area contributed by atoms with E-state index in [4.69, 9.17) is 0 Å². The normalized spacial score (nSPS) is 12.0. The van der Waals surface area contributed by atoms with E-state index in [1.54, 1.807) is 6.20 Å². The van der Waals surface area contributed by atoms with Crippen LogP contribution < -0.4 is 5.32 Å². The number of carboxylic acid groups (broad SMARTS) is 1. The number of carbonyl (C=O) groups excluding carboxylic acids is 1. The zero-order valence-corrected chi connectivity index (χ0v) is 13.0. The van der Waals surface area contributed by atoms with Gasteiger partial charge in [0.1, 0.15) is 6.04 Å². The fourth-order valence-corrected chi connectivity index (χ4v) is 2.75. The number of nitrogens with one attached hydrogen (secondary N) is 2. The molecule has 122 valence electrons. The summed E-state index contributed by atoms with van der Waals surface area (Å²) in [6.07, 6.45) is 2.19. The van der Waals surface area contributed by atoms with Gasteiger partial charge in [-0.2, -0.15) is 0 Å². The first-order valence-corrected chi connectivity index (χ1v) is 7.74. The SMILES string of the molecule is O=C(Cc1c[nH]c2ccccc12)N[C@H](Cc1ccccc1)C(=O)O. The van der Waals surface area contributed by atoms with Crippen molar-refractivity contribution in [3.05, 3.63) is 71.9 Å². The molecule has 0 aliphatic carbocycles. The number of amides is 1. The largest absolute Gasteiger partial charge is 0.480 e. The molecule has 24 heavy (non-hydrogen) atoms.